The molecule has 0 spiro atoms. The van der Waals surface area contributed by atoms with Gasteiger partial charge < -0.3 is 14.9 Å². The Hall–Kier alpha value is -0.420. The van der Waals surface area contributed by atoms with Crippen molar-refractivity contribution < 1.29 is 28.8 Å². The lowest BCUT2D eigenvalue weighted by molar-refractivity contribution is -0.137. The van der Waals surface area contributed by atoms with Gasteiger partial charge in [0.05, 0.1) is 6.61 Å². The van der Waals surface area contributed by atoms with Gasteiger partial charge in [-0.3, -0.25) is 9.32 Å². The summed E-state index contributed by atoms with van der Waals surface area (Å²) in [6, 6.07) is 0. The summed E-state index contributed by atoms with van der Waals surface area (Å²) >= 11 is 0. The summed E-state index contributed by atoms with van der Waals surface area (Å²) in [4.78, 5) is 27.6. The average Bonchev–Trinajstić information content (AvgIpc) is 2.70. The van der Waals surface area contributed by atoms with Crippen molar-refractivity contribution in [2.24, 2.45) is 0 Å². The van der Waals surface area contributed by atoms with Crippen LogP contribution in [0.1, 0.15) is 141 Å². The molecule has 0 aliphatic rings. The third-order valence-corrected chi connectivity index (χ3v) is 6.31. The molecule has 0 heterocycles. The molecule has 0 aromatic heterocycles. The number of hydrogen-bond acceptors (Lipinski definition) is 3. The summed E-state index contributed by atoms with van der Waals surface area (Å²) < 4.78 is 15.0. The zero-order valence-electron chi connectivity index (χ0n) is 19.8. The van der Waals surface area contributed by atoms with Gasteiger partial charge in [0.2, 0.25) is 0 Å². The molecule has 0 atom stereocenters. The SMILES string of the molecule is O=C(O)CCCCCCCCCCCCCCCCCCCCCCCOP(=O)(O)O. The van der Waals surface area contributed by atoms with Gasteiger partial charge in [0, 0.05) is 6.42 Å². The summed E-state index contributed by atoms with van der Waals surface area (Å²) in [5.74, 6) is -0.670. The number of carboxylic acid groups (broad SMARTS) is 1. The normalized spacial score (nSPS) is 11.8. The van der Waals surface area contributed by atoms with Crippen LogP contribution in [-0.2, 0) is 13.9 Å². The highest BCUT2D eigenvalue weighted by Crippen LogP contribution is 2.35. The second-order valence-corrected chi connectivity index (χ2v) is 10.1. The number of aliphatic carboxylic acids is 1. The molecule has 31 heavy (non-hydrogen) atoms. The monoisotopic (exact) mass is 464 g/mol. The first kappa shape index (κ1) is 30.6. The number of unbranched alkanes of at least 4 members (excludes halogenated alkanes) is 20. The van der Waals surface area contributed by atoms with Gasteiger partial charge in [-0.25, -0.2) is 4.57 Å². The van der Waals surface area contributed by atoms with Gasteiger partial charge in [-0.05, 0) is 12.8 Å². The number of carboxylic acids is 1. The van der Waals surface area contributed by atoms with Crippen LogP contribution >= 0.6 is 7.82 Å². The number of hydrogen-bond donors (Lipinski definition) is 3. The maximum Gasteiger partial charge on any atom is 0.469 e. The van der Waals surface area contributed by atoms with Gasteiger partial charge in [-0.1, -0.05) is 122 Å². The maximum absolute atomic E-state index is 10.5. The first-order chi connectivity index (χ1) is 14.9. The topological polar surface area (TPSA) is 104 Å². The highest BCUT2D eigenvalue weighted by molar-refractivity contribution is 7.46. The van der Waals surface area contributed by atoms with Gasteiger partial charge in [-0.15, -0.1) is 0 Å². The van der Waals surface area contributed by atoms with Crippen molar-refractivity contribution in [2.45, 2.75) is 141 Å². The standard InChI is InChI=1S/C24H49O6P/c25-24(26)22-20-18-16-14-12-10-8-6-4-2-1-3-5-7-9-11-13-15-17-19-21-23-30-31(27,28)29/h1-23H2,(H,25,26)(H2,27,28,29). The van der Waals surface area contributed by atoms with E-state index in [0.717, 1.165) is 32.1 Å². The molecule has 3 N–H and O–H groups in total. The second kappa shape index (κ2) is 22.8. The molecule has 6 nitrogen and oxygen atoms in total. The molecule has 0 aliphatic carbocycles. The van der Waals surface area contributed by atoms with E-state index >= 15 is 0 Å². The van der Waals surface area contributed by atoms with E-state index in [-0.39, 0.29) is 6.61 Å². The van der Waals surface area contributed by atoms with E-state index in [1.54, 1.807) is 0 Å². The van der Waals surface area contributed by atoms with Crippen molar-refractivity contribution in [3.8, 4) is 0 Å². The summed E-state index contributed by atoms with van der Waals surface area (Å²) in [6.07, 6.45) is 26.2. The largest absolute Gasteiger partial charge is 0.481 e. The Kier molecular flexibility index (Phi) is 22.5. The van der Waals surface area contributed by atoms with Crippen LogP contribution in [0.2, 0.25) is 0 Å². The fraction of sp³-hybridized carbons (Fsp3) is 0.958. The fourth-order valence-corrected chi connectivity index (χ4v) is 4.29. The number of phosphoric ester groups is 1. The fourth-order valence-electron chi connectivity index (χ4n) is 3.92. The average molecular weight is 465 g/mol. The van der Waals surface area contributed by atoms with Crippen LogP contribution in [0.15, 0.2) is 0 Å². The Labute approximate surface area is 190 Å². The minimum absolute atomic E-state index is 0.155. The Morgan fingerprint density at radius 2 is 0.774 bits per heavy atom. The lowest BCUT2D eigenvalue weighted by Crippen LogP contribution is -1.93. The van der Waals surface area contributed by atoms with Gasteiger partial charge in [-0.2, -0.15) is 0 Å². The van der Waals surface area contributed by atoms with Crippen molar-refractivity contribution in [1.29, 1.82) is 0 Å². The first-order valence-corrected chi connectivity index (χ1v) is 14.4. The Bertz CT molecular complexity index is 438. The smallest absolute Gasteiger partial charge is 0.469 e. The minimum Gasteiger partial charge on any atom is -0.481 e. The minimum atomic E-state index is -4.28. The molecule has 0 radical (unpaired) electrons. The Morgan fingerprint density at radius 1 is 0.516 bits per heavy atom. The van der Waals surface area contributed by atoms with Crippen molar-refractivity contribution in [3.05, 3.63) is 0 Å². The molecule has 0 rings (SSSR count). The van der Waals surface area contributed by atoms with Crippen molar-refractivity contribution in [1.82, 2.24) is 0 Å². The molecule has 0 amide bonds. The molecule has 0 aromatic carbocycles. The highest BCUT2D eigenvalue weighted by atomic mass is 31.2. The lowest BCUT2D eigenvalue weighted by atomic mass is 10.0. The summed E-state index contributed by atoms with van der Waals surface area (Å²) in [7, 11) is -4.28. The predicted molar refractivity (Wildman–Crippen MR) is 127 cm³/mol. The van der Waals surface area contributed by atoms with Crippen LogP contribution in [0.5, 0.6) is 0 Å². The van der Waals surface area contributed by atoms with Crippen molar-refractivity contribution in [3.63, 3.8) is 0 Å². The van der Waals surface area contributed by atoms with Crippen LogP contribution in [-0.4, -0.2) is 27.5 Å². The zero-order chi connectivity index (χ0) is 23.0. The first-order valence-electron chi connectivity index (χ1n) is 12.8. The Balaban J connectivity index is 3.05. The third kappa shape index (κ3) is 29.6. The number of rotatable bonds is 25. The molecule has 186 valence electrons. The van der Waals surface area contributed by atoms with E-state index in [4.69, 9.17) is 14.9 Å². The van der Waals surface area contributed by atoms with E-state index in [1.807, 2.05) is 0 Å². The molecule has 7 heteroatoms. The van der Waals surface area contributed by atoms with Gasteiger partial charge in [0.1, 0.15) is 0 Å². The van der Waals surface area contributed by atoms with Gasteiger partial charge >= 0.3 is 13.8 Å². The van der Waals surface area contributed by atoms with E-state index in [0.29, 0.717) is 6.42 Å². The van der Waals surface area contributed by atoms with E-state index in [9.17, 15) is 9.36 Å². The molecule has 0 saturated carbocycles. The number of phosphoric acid groups is 1. The molecule has 0 aromatic rings. The predicted octanol–water partition coefficient (Wildman–Crippen LogP) is 7.76. The summed E-state index contributed by atoms with van der Waals surface area (Å²) in [6.45, 7) is 0.155. The van der Waals surface area contributed by atoms with Crippen molar-refractivity contribution in [2.75, 3.05) is 6.61 Å². The van der Waals surface area contributed by atoms with Gasteiger partial charge in [0.15, 0.2) is 0 Å². The van der Waals surface area contributed by atoms with Gasteiger partial charge in [0.25, 0.3) is 0 Å². The number of carbonyl (C=O) groups is 1. The zero-order valence-corrected chi connectivity index (χ0v) is 20.7. The van der Waals surface area contributed by atoms with Crippen LogP contribution in [0.4, 0.5) is 0 Å². The summed E-state index contributed by atoms with van der Waals surface area (Å²) in [5.41, 5.74) is 0. The van der Waals surface area contributed by atoms with Crippen LogP contribution in [0.25, 0.3) is 0 Å². The summed E-state index contributed by atoms with van der Waals surface area (Å²) in [5, 5.41) is 8.58. The maximum atomic E-state index is 10.5. The molecular formula is C24H49O6P. The molecule has 0 unspecified atom stereocenters. The van der Waals surface area contributed by atoms with Crippen LogP contribution in [0.3, 0.4) is 0 Å². The van der Waals surface area contributed by atoms with Crippen LogP contribution < -0.4 is 0 Å². The quantitative estimate of drug-likeness (QED) is 0.0942. The molecule has 0 bridgehead atoms. The Morgan fingerprint density at radius 3 is 1.03 bits per heavy atom. The van der Waals surface area contributed by atoms with E-state index in [1.165, 1.54) is 103 Å². The molecule has 0 aliphatic heterocycles. The molecule has 0 fully saturated rings. The lowest BCUT2D eigenvalue weighted by Gasteiger charge is -2.05. The molecule has 0 saturated heterocycles. The van der Waals surface area contributed by atoms with Crippen LogP contribution in [0, 0.1) is 0 Å². The highest BCUT2D eigenvalue weighted by Gasteiger charge is 2.12. The second-order valence-electron chi connectivity index (χ2n) is 8.89. The van der Waals surface area contributed by atoms with E-state index in [2.05, 4.69) is 4.52 Å². The van der Waals surface area contributed by atoms with Crippen molar-refractivity contribution >= 4 is 13.8 Å². The molecular weight excluding hydrogens is 415 g/mol. The van der Waals surface area contributed by atoms with E-state index < -0.39 is 13.8 Å². The third-order valence-electron chi connectivity index (χ3n) is 5.79.